The van der Waals surface area contributed by atoms with Crippen molar-refractivity contribution in [2.45, 2.75) is 12.5 Å². The van der Waals surface area contributed by atoms with E-state index in [1.54, 1.807) is 13.3 Å². The molecule has 0 aliphatic heterocycles. The van der Waals surface area contributed by atoms with Crippen molar-refractivity contribution in [3.05, 3.63) is 70.8 Å². The van der Waals surface area contributed by atoms with E-state index >= 15 is 0 Å². The number of nitrogens with one attached hydrogen (secondary N) is 1. The predicted molar refractivity (Wildman–Crippen MR) is 96.6 cm³/mol. The first kappa shape index (κ1) is 16.8. The lowest BCUT2D eigenvalue weighted by Gasteiger charge is -2.18. The number of anilines is 1. The van der Waals surface area contributed by atoms with Crippen molar-refractivity contribution in [3.63, 3.8) is 0 Å². The Bertz CT molecular complexity index is 781. The Balaban J connectivity index is 1.86. The third-order valence-corrected chi connectivity index (χ3v) is 4.35. The molecule has 5 nitrogen and oxygen atoms in total. The number of benzene rings is 1. The van der Waals surface area contributed by atoms with Crippen LogP contribution in [0.1, 0.15) is 23.1 Å². The topological polar surface area (TPSA) is 59.9 Å². The summed E-state index contributed by atoms with van der Waals surface area (Å²) in [7, 11) is 1.67. The Kier molecular flexibility index (Phi) is 5.74. The molecular formula is C17H17ClN4OS. The fourth-order valence-electron chi connectivity index (χ4n) is 2.29. The zero-order valence-electron chi connectivity index (χ0n) is 13.1. The molecule has 0 saturated heterocycles. The summed E-state index contributed by atoms with van der Waals surface area (Å²) in [6, 6.07) is 13.4. The summed E-state index contributed by atoms with van der Waals surface area (Å²) < 4.78 is 9.42. The quantitative estimate of drug-likeness (QED) is 0.690. The standard InChI is InChI=1S/C17H17ClN4OS/c1-23-10-8-15-20-17(24-22-15)21-16(14-7-2-3-9-19-14)12-5-4-6-13(18)11-12/h2-7,9,11,16H,8,10H2,1H3,(H,20,21,22). The number of aromatic nitrogens is 3. The van der Waals surface area contributed by atoms with Crippen molar-refractivity contribution in [3.8, 4) is 0 Å². The van der Waals surface area contributed by atoms with E-state index in [4.69, 9.17) is 16.3 Å². The molecule has 0 amide bonds. The van der Waals surface area contributed by atoms with Crippen LogP contribution < -0.4 is 5.32 Å². The van der Waals surface area contributed by atoms with Crippen LogP contribution in [0.25, 0.3) is 0 Å². The average molecular weight is 361 g/mol. The zero-order valence-corrected chi connectivity index (χ0v) is 14.7. The zero-order chi connectivity index (χ0) is 16.8. The summed E-state index contributed by atoms with van der Waals surface area (Å²) in [6.07, 6.45) is 2.47. The van der Waals surface area contributed by atoms with Crippen molar-refractivity contribution >= 4 is 28.3 Å². The smallest absolute Gasteiger partial charge is 0.203 e. The van der Waals surface area contributed by atoms with Crippen LogP contribution in [0.15, 0.2) is 48.7 Å². The molecule has 1 N–H and O–H groups in total. The molecule has 24 heavy (non-hydrogen) atoms. The van der Waals surface area contributed by atoms with Crippen LogP contribution in [0.4, 0.5) is 5.13 Å². The second-order valence-electron chi connectivity index (χ2n) is 5.15. The first-order valence-electron chi connectivity index (χ1n) is 7.50. The fraction of sp³-hybridized carbons (Fsp3) is 0.235. The van der Waals surface area contributed by atoms with Crippen LogP contribution in [-0.4, -0.2) is 28.1 Å². The van der Waals surface area contributed by atoms with Gasteiger partial charge in [0.25, 0.3) is 0 Å². The Morgan fingerprint density at radius 2 is 2.17 bits per heavy atom. The van der Waals surface area contributed by atoms with E-state index in [1.165, 1.54) is 11.5 Å². The van der Waals surface area contributed by atoms with E-state index in [1.807, 2.05) is 42.5 Å². The second-order valence-corrected chi connectivity index (χ2v) is 6.33. The number of ether oxygens (including phenoxy) is 1. The van der Waals surface area contributed by atoms with E-state index in [0.29, 0.717) is 18.1 Å². The monoisotopic (exact) mass is 360 g/mol. The van der Waals surface area contributed by atoms with Crippen molar-refractivity contribution in [1.29, 1.82) is 0 Å². The molecule has 1 aromatic carbocycles. The van der Waals surface area contributed by atoms with Crippen molar-refractivity contribution in [2.75, 3.05) is 19.0 Å². The van der Waals surface area contributed by atoms with E-state index in [2.05, 4.69) is 19.7 Å². The van der Waals surface area contributed by atoms with Gasteiger partial charge < -0.3 is 10.1 Å². The third-order valence-electron chi connectivity index (χ3n) is 3.43. The highest BCUT2D eigenvalue weighted by Gasteiger charge is 2.17. The van der Waals surface area contributed by atoms with Crippen LogP contribution in [0.2, 0.25) is 5.02 Å². The first-order chi connectivity index (χ1) is 11.8. The lowest BCUT2D eigenvalue weighted by atomic mass is 10.0. The molecule has 7 heteroatoms. The van der Waals surface area contributed by atoms with E-state index in [0.717, 1.165) is 22.2 Å². The highest BCUT2D eigenvalue weighted by atomic mass is 35.5. The maximum absolute atomic E-state index is 6.15. The largest absolute Gasteiger partial charge is 0.384 e. The molecule has 1 atom stereocenters. The molecule has 1 unspecified atom stereocenters. The Labute approximate surface area is 149 Å². The molecule has 0 bridgehead atoms. The van der Waals surface area contributed by atoms with Crippen molar-refractivity contribution in [1.82, 2.24) is 14.3 Å². The Morgan fingerprint density at radius 1 is 1.25 bits per heavy atom. The number of hydrogen-bond acceptors (Lipinski definition) is 6. The molecule has 3 aromatic rings. The summed E-state index contributed by atoms with van der Waals surface area (Å²) in [5.74, 6) is 0.773. The highest BCUT2D eigenvalue weighted by molar-refractivity contribution is 7.09. The number of pyridine rings is 1. The Hall–Kier alpha value is -2.02. The summed E-state index contributed by atoms with van der Waals surface area (Å²) in [5.41, 5.74) is 1.92. The van der Waals surface area contributed by atoms with Gasteiger partial charge >= 0.3 is 0 Å². The predicted octanol–water partition coefficient (Wildman–Crippen LogP) is 3.98. The van der Waals surface area contributed by atoms with E-state index in [9.17, 15) is 0 Å². The van der Waals surface area contributed by atoms with Gasteiger partial charge in [-0.3, -0.25) is 4.98 Å². The molecule has 2 heterocycles. The number of halogens is 1. The van der Waals surface area contributed by atoms with Crippen LogP contribution >= 0.6 is 23.1 Å². The minimum absolute atomic E-state index is 0.145. The van der Waals surface area contributed by atoms with Gasteiger partial charge in [-0.2, -0.15) is 4.37 Å². The molecule has 0 spiro atoms. The molecule has 0 saturated carbocycles. The van der Waals surface area contributed by atoms with Gasteiger partial charge in [-0.25, -0.2) is 4.98 Å². The third kappa shape index (κ3) is 4.29. The van der Waals surface area contributed by atoms with Crippen molar-refractivity contribution < 1.29 is 4.74 Å². The van der Waals surface area contributed by atoms with Gasteiger partial charge in [-0.1, -0.05) is 29.8 Å². The lowest BCUT2D eigenvalue weighted by Crippen LogP contribution is -2.13. The maximum Gasteiger partial charge on any atom is 0.203 e. The Morgan fingerprint density at radius 3 is 2.92 bits per heavy atom. The van der Waals surface area contributed by atoms with Gasteiger partial charge in [-0.05, 0) is 29.8 Å². The van der Waals surface area contributed by atoms with Crippen molar-refractivity contribution in [2.24, 2.45) is 0 Å². The molecule has 2 aromatic heterocycles. The van der Waals surface area contributed by atoms with Crippen LogP contribution in [0, 0.1) is 0 Å². The summed E-state index contributed by atoms with van der Waals surface area (Å²) in [4.78, 5) is 8.99. The van der Waals surface area contributed by atoms with E-state index in [-0.39, 0.29) is 6.04 Å². The second kappa shape index (κ2) is 8.19. The molecule has 124 valence electrons. The van der Waals surface area contributed by atoms with Crippen LogP contribution in [-0.2, 0) is 11.2 Å². The van der Waals surface area contributed by atoms with Gasteiger partial charge in [-0.15, -0.1) is 0 Å². The van der Waals surface area contributed by atoms with Gasteiger partial charge in [0.15, 0.2) is 0 Å². The molecule has 3 rings (SSSR count). The minimum atomic E-state index is -0.145. The van der Waals surface area contributed by atoms with Gasteiger partial charge in [0.1, 0.15) is 5.82 Å². The molecule has 0 radical (unpaired) electrons. The van der Waals surface area contributed by atoms with Gasteiger partial charge in [0.2, 0.25) is 5.13 Å². The molecular weight excluding hydrogens is 344 g/mol. The number of methoxy groups -OCH3 is 1. The number of nitrogens with zero attached hydrogens (tertiary/aromatic N) is 3. The van der Waals surface area contributed by atoms with Crippen LogP contribution in [0.3, 0.4) is 0 Å². The normalized spacial score (nSPS) is 12.1. The number of hydrogen-bond donors (Lipinski definition) is 1. The maximum atomic E-state index is 6.15. The first-order valence-corrected chi connectivity index (χ1v) is 8.66. The van der Waals surface area contributed by atoms with Crippen LogP contribution in [0.5, 0.6) is 0 Å². The number of rotatable bonds is 7. The summed E-state index contributed by atoms with van der Waals surface area (Å²) >= 11 is 7.49. The fourth-order valence-corrected chi connectivity index (χ4v) is 3.13. The molecule has 0 aliphatic carbocycles. The minimum Gasteiger partial charge on any atom is -0.384 e. The SMILES string of the molecule is COCCc1nsc(NC(c2cccc(Cl)c2)c2ccccn2)n1. The molecule has 0 aliphatic rings. The van der Waals surface area contributed by atoms with E-state index < -0.39 is 0 Å². The highest BCUT2D eigenvalue weighted by Crippen LogP contribution is 2.27. The summed E-state index contributed by atoms with van der Waals surface area (Å²) in [6.45, 7) is 0.605. The van der Waals surface area contributed by atoms with Gasteiger partial charge in [0.05, 0.1) is 18.3 Å². The lowest BCUT2D eigenvalue weighted by molar-refractivity contribution is 0.201. The average Bonchev–Trinajstić information content (AvgIpc) is 3.06. The molecule has 0 fully saturated rings. The van der Waals surface area contributed by atoms with Gasteiger partial charge in [0, 0.05) is 36.3 Å². The summed E-state index contributed by atoms with van der Waals surface area (Å²) in [5, 5.41) is 4.85.